The van der Waals surface area contributed by atoms with Crippen LogP contribution in [-0.4, -0.2) is 51.9 Å². The number of fused-ring (bicyclic) bond motifs is 2. The number of aliphatic hydroxyl groups is 1. The van der Waals surface area contributed by atoms with E-state index in [1.165, 1.54) is 5.19 Å². The van der Waals surface area contributed by atoms with Crippen molar-refractivity contribution in [2.75, 3.05) is 31.0 Å². The highest BCUT2D eigenvalue weighted by Crippen LogP contribution is 2.59. The van der Waals surface area contributed by atoms with Gasteiger partial charge >= 0.3 is 0 Å². The van der Waals surface area contributed by atoms with Gasteiger partial charge in [-0.15, -0.1) is 0 Å². The number of hydrogen-bond donors (Lipinski definition) is 2. The van der Waals surface area contributed by atoms with Crippen molar-refractivity contribution in [3.63, 3.8) is 0 Å². The van der Waals surface area contributed by atoms with Gasteiger partial charge in [0.05, 0.1) is 27.0 Å². The van der Waals surface area contributed by atoms with Gasteiger partial charge in [-0.05, 0) is 54.4 Å². The Balaban J connectivity index is 1.56. The van der Waals surface area contributed by atoms with E-state index >= 15 is 0 Å². The average Bonchev–Trinajstić information content (AvgIpc) is 3.36. The van der Waals surface area contributed by atoms with E-state index in [4.69, 9.17) is 9.47 Å². The molecule has 5 rings (SSSR count). The number of benzene rings is 3. The summed E-state index contributed by atoms with van der Waals surface area (Å²) in [5, 5.41) is 14.2. The van der Waals surface area contributed by atoms with Crippen LogP contribution in [0.15, 0.2) is 72.8 Å². The molecule has 2 amide bonds. The van der Waals surface area contributed by atoms with Crippen LogP contribution in [0.25, 0.3) is 0 Å². The van der Waals surface area contributed by atoms with Gasteiger partial charge in [0.25, 0.3) is 11.8 Å². The smallest absolute Gasteiger partial charge is 0.264 e. The number of carbonyl (C=O) groups excluding carboxylic acids is 2. The maximum absolute atomic E-state index is 14.0. The minimum atomic E-state index is -2.23. The third-order valence-corrected chi connectivity index (χ3v) is 13.0. The summed E-state index contributed by atoms with van der Waals surface area (Å²) in [7, 11) is 1.20. The monoisotopic (exact) mass is 544 g/mol. The van der Waals surface area contributed by atoms with Crippen molar-refractivity contribution in [2.45, 2.75) is 43.7 Å². The molecule has 2 heterocycles. The van der Waals surface area contributed by atoms with Crippen molar-refractivity contribution in [3.05, 3.63) is 83.9 Å². The van der Waals surface area contributed by atoms with Crippen molar-refractivity contribution < 1.29 is 24.2 Å². The first-order chi connectivity index (χ1) is 18.6. The van der Waals surface area contributed by atoms with Crippen molar-refractivity contribution >= 4 is 36.4 Å². The van der Waals surface area contributed by atoms with Crippen LogP contribution in [0.5, 0.6) is 5.75 Å². The lowest BCUT2D eigenvalue weighted by Crippen LogP contribution is -2.51. The molecule has 1 spiro atoms. The van der Waals surface area contributed by atoms with Gasteiger partial charge in [0, 0.05) is 36.4 Å². The summed E-state index contributed by atoms with van der Waals surface area (Å²) in [6, 6.07) is 22.8. The van der Waals surface area contributed by atoms with Gasteiger partial charge in [-0.3, -0.25) is 9.59 Å². The number of nitrogens with one attached hydrogen (secondary N) is 1. The topological polar surface area (TPSA) is 88.1 Å². The molecular weight excluding hydrogens is 508 g/mol. The Hall–Kier alpha value is -3.46. The first-order valence-corrected chi connectivity index (χ1v) is 16.4. The molecule has 39 heavy (non-hydrogen) atoms. The number of rotatable bonds is 7. The van der Waals surface area contributed by atoms with Crippen molar-refractivity contribution in [3.8, 4) is 5.75 Å². The van der Waals surface area contributed by atoms with E-state index in [1.54, 1.807) is 31.2 Å². The second-order valence-electron chi connectivity index (χ2n) is 11.1. The van der Waals surface area contributed by atoms with Crippen LogP contribution in [0, 0.1) is 5.92 Å². The van der Waals surface area contributed by atoms with E-state index in [1.807, 2.05) is 48.5 Å². The van der Waals surface area contributed by atoms with Gasteiger partial charge in [-0.2, -0.15) is 0 Å². The van der Waals surface area contributed by atoms with Gasteiger partial charge < -0.3 is 24.8 Å². The summed E-state index contributed by atoms with van der Waals surface area (Å²) >= 11 is 0. The number of nitrogens with zero attached hydrogens (tertiary/aromatic N) is 1. The zero-order valence-corrected chi connectivity index (χ0v) is 24.1. The summed E-state index contributed by atoms with van der Waals surface area (Å²) in [5.74, 6) is 0.316. The molecule has 0 radical (unpaired) electrons. The Labute approximate surface area is 230 Å². The molecule has 1 fully saturated rings. The van der Waals surface area contributed by atoms with E-state index in [2.05, 4.69) is 37.5 Å². The molecule has 0 unspecified atom stereocenters. The van der Waals surface area contributed by atoms with Gasteiger partial charge in [-0.25, -0.2) is 0 Å². The maximum Gasteiger partial charge on any atom is 0.264 e. The standard InChI is InChI=1S/C31H36N2O5Si/c1-20-28(39(4,5)24-14-12-23(37-3)13-15-24)27(17-18-34)38-31(20)25-19-22(11-16-26(25)33(2)30(31)36)32-29(35)21-9-7-6-8-10-21/h6-16,19-20,27-28,34H,17-18H2,1-5H3,(H,32,35)/t20-,27+,28-,31+/m0/s1. The fourth-order valence-electron chi connectivity index (χ4n) is 6.69. The Morgan fingerprint density at radius 3 is 2.44 bits per heavy atom. The zero-order valence-electron chi connectivity index (χ0n) is 23.1. The lowest BCUT2D eigenvalue weighted by molar-refractivity contribution is -0.145. The predicted octanol–water partition coefficient (Wildman–Crippen LogP) is 4.52. The van der Waals surface area contributed by atoms with Gasteiger partial charge in [-0.1, -0.05) is 55.5 Å². The third kappa shape index (κ3) is 4.36. The molecule has 1 saturated heterocycles. The summed E-state index contributed by atoms with van der Waals surface area (Å²) in [6.45, 7) is 6.70. The molecule has 3 aromatic carbocycles. The number of methoxy groups -OCH3 is 1. The SMILES string of the molecule is COc1ccc([Si](C)(C)[C@@H]2[C@@H](CCO)O[C@]3(C(=O)N(C)c4ccc(NC(=O)c5ccccc5)cc43)[C@H]2C)cc1. The Morgan fingerprint density at radius 2 is 1.79 bits per heavy atom. The minimum absolute atomic E-state index is 0.0267. The van der Waals surface area contributed by atoms with Crippen LogP contribution in [0.1, 0.15) is 29.3 Å². The third-order valence-electron chi connectivity index (χ3n) is 8.67. The summed E-state index contributed by atoms with van der Waals surface area (Å²) < 4.78 is 12.2. The number of ether oxygens (including phenoxy) is 2. The largest absolute Gasteiger partial charge is 0.497 e. The van der Waals surface area contributed by atoms with E-state index in [0.29, 0.717) is 17.7 Å². The number of carbonyl (C=O) groups is 2. The van der Waals surface area contributed by atoms with Gasteiger partial charge in [0.1, 0.15) is 5.75 Å². The molecular formula is C31H36N2O5Si. The molecule has 8 heteroatoms. The molecule has 2 aliphatic rings. The molecule has 2 N–H and O–H groups in total. The van der Waals surface area contributed by atoms with Crippen LogP contribution in [-0.2, 0) is 15.1 Å². The number of likely N-dealkylation sites (N-methyl/N-ethyl adjacent to an activating group) is 1. The molecule has 7 nitrogen and oxygen atoms in total. The summed E-state index contributed by atoms with van der Waals surface area (Å²) in [4.78, 5) is 28.6. The van der Waals surface area contributed by atoms with E-state index in [0.717, 1.165) is 17.0 Å². The predicted molar refractivity (Wildman–Crippen MR) is 156 cm³/mol. The normalized spacial score (nSPS) is 24.2. The molecule has 204 valence electrons. The second-order valence-corrected chi connectivity index (χ2v) is 15.8. The molecule has 2 aliphatic heterocycles. The van der Waals surface area contributed by atoms with E-state index in [9.17, 15) is 14.7 Å². The van der Waals surface area contributed by atoms with Crippen molar-refractivity contribution in [1.29, 1.82) is 0 Å². The summed E-state index contributed by atoms with van der Waals surface area (Å²) in [5.41, 5.74) is 1.56. The lowest BCUT2D eigenvalue weighted by Gasteiger charge is -2.37. The highest BCUT2D eigenvalue weighted by Gasteiger charge is 2.65. The summed E-state index contributed by atoms with van der Waals surface area (Å²) in [6.07, 6.45) is 0.153. The van der Waals surface area contributed by atoms with Crippen LogP contribution < -0.4 is 20.1 Å². The second kappa shape index (κ2) is 10.3. The Bertz CT molecular complexity index is 1380. The average molecular weight is 545 g/mol. The van der Waals surface area contributed by atoms with Gasteiger partial charge in [0.2, 0.25) is 0 Å². The Morgan fingerprint density at radius 1 is 1.10 bits per heavy atom. The quantitative estimate of drug-likeness (QED) is 0.427. The van der Waals surface area contributed by atoms with Crippen LogP contribution >= 0.6 is 0 Å². The van der Waals surface area contributed by atoms with Crippen LogP contribution in [0.2, 0.25) is 18.6 Å². The first-order valence-electron chi connectivity index (χ1n) is 13.4. The first kappa shape index (κ1) is 27.1. The molecule has 0 saturated carbocycles. The molecule has 4 atom stereocenters. The minimum Gasteiger partial charge on any atom is -0.497 e. The van der Waals surface area contributed by atoms with Gasteiger partial charge in [0.15, 0.2) is 5.60 Å². The van der Waals surface area contributed by atoms with Crippen molar-refractivity contribution in [2.24, 2.45) is 5.92 Å². The highest BCUT2D eigenvalue weighted by atomic mass is 28.3. The van der Waals surface area contributed by atoms with Crippen LogP contribution in [0.3, 0.4) is 0 Å². The fraction of sp³-hybridized carbons (Fsp3) is 0.355. The van der Waals surface area contributed by atoms with E-state index in [-0.39, 0.29) is 36.0 Å². The number of hydrogen-bond acceptors (Lipinski definition) is 5. The highest BCUT2D eigenvalue weighted by molar-refractivity contribution is 6.91. The van der Waals surface area contributed by atoms with Crippen molar-refractivity contribution in [1.82, 2.24) is 0 Å². The Kier molecular flexibility index (Phi) is 7.13. The number of aliphatic hydroxyl groups excluding tert-OH is 1. The maximum atomic E-state index is 14.0. The van der Waals surface area contributed by atoms with E-state index < -0.39 is 13.7 Å². The zero-order chi connectivity index (χ0) is 27.9. The number of amides is 2. The molecule has 0 aliphatic carbocycles. The lowest BCUT2D eigenvalue weighted by atomic mass is 9.82. The fourth-order valence-corrected chi connectivity index (χ4v) is 10.7. The molecule has 3 aromatic rings. The molecule has 0 bridgehead atoms. The number of anilines is 2. The van der Waals surface area contributed by atoms with Crippen LogP contribution in [0.4, 0.5) is 11.4 Å². The molecule has 0 aromatic heterocycles.